The van der Waals surface area contributed by atoms with Crippen molar-refractivity contribution in [3.63, 3.8) is 0 Å². The molecule has 1 rings (SSSR count). The fourth-order valence-electron chi connectivity index (χ4n) is 1.29. The minimum atomic E-state index is -4.11. The van der Waals surface area contributed by atoms with Crippen molar-refractivity contribution in [3.8, 4) is 0 Å². The number of nitrogens with zero attached hydrogens (tertiary/aromatic N) is 3. The van der Waals surface area contributed by atoms with Crippen molar-refractivity contribution in [2.24, 2.45) is 0 Å². The molecule has 0 atom stereocenters. The molecule has 0 spiro atoms. The van der Waals surface area contributed by atoms with Crippen LogP contribution in [0.3, 0.4) is 0 Å². The van der Waals surface area contributed by atoms with Crippen LogP contribution in [0.5, 0.6) is 0 Å². The van der Waals surface area contributed by atoms with Gasteiger partial charge in [0.2, 0.25) is 5.95 Å². The molecule has 1 aromatic heterocycles. The van der Waals surface area contributed by atoms with Gasteiger partial charge in [0, 0.05) is 0 Å². The summed E-state index contributed by atoms with van der Waals surface area (Å²) in [6.07, 6.45) is -2.53. The summed E-state index contributed by atoms with van der Waals surface area (Å²) in [5.41, 5.74) is 1.29. The molecule has 0 aliphatic carbocycles. The fourth-order valence-corrected chi connectivity index (χ4v) is 1.29. The van der Waals surface area contributed by atoms with Gasteiger partial charge in [-0.05, 0) is 12.8 Å². The molecule has 8 heteroatoms. The number of hydrogen-bond acceptors (Lipinski definition) is 4. The molecule has 0 saturated carbocycles. The van der Waals surface area contributed by atoms with Crippen molar-refractivity contribution in [2.45, 2.75) is 39.0 Å². The summed E-state index contributed by atoms with van der Waals surface area (Å²) in [5.74, 6) is -4.27. The minimum absolute atomic E-state index is 0.163. The Labute approximate surface area is 102 Å². The third-order valence-corrected chi connectivity index (χ3v) is 2.31. The second-order valence-electron chi connectivity index (χ2n) is 3.65. The van der Waals surface area contributed by atoms with E-state index in [1.54, 1.807) is 0 Å². The second kappa shape index (κ2) is 5.92. The summed E-state index contributed by atoms with van der Waals surface area (Å²) in [5, 5.41) is 9.45. The first-order valence-corrected chi connectivity index (χ1v) is 5.53. The lowest BCUT2D eigenvalue weighted by Crippen LogP contribution is -2.35. The topological polar surface area (TPSA) is 50.7 Å². The molecule has 1 heterocycles. The molecule has 0 aromatic carbocycles. The Morgan fingerprint density at radius 2 is 1.72 bits per heavy atom. The van der Waals surface area contributed by atoms with E-state index in [2.05, 4.69) is 20.5 Å². The molecule has 0 fully saturated rings. The van der Waals surface area contributed by atoms with Gasteiger partial charge in [0.05, 0.1) is 17.9 Å². The van der Waals surface area contributed by atoms with E-state index in [1.807, 2.05) is 13.8 Å². The standard InChI is InChI=1S/C10H14F4N4/c1-3-6-7(4-2)17-18-9(16-6)15-5-10(13,14)8(11)12/h8H,3-5H2,1-2H3,(H,15,16,18). The van der Waals surface area contributed by atoms with Gasteiger partial charge in [-0.15, -0.1) is 5.10 Å². The van der Waals surface area contributed by atoms with Gasteiger partial charge < -0.3 is 5.32 Å². The van der Waals surface area contributed by atoms with Gasteiger partial charge in [-0.2, -0.15) is 13.9 Å². The van der Waals surface area contributed by atoms with E-state index in [1.165, 1.54) is 0 Å². The predicted molar refractivity (Wildman–Crippen MR) is 58.0 cm³/mol. The predicted octanol–water partition coefficient (Wildman–Crippen LogP) is 2.31. The maximum absolute atomic E-state index is 12.7. The molecule has 102 valence electrons. The quantitative estimate of drug-likeness (QED) is 0.803. The lowest BCUT2D eigenvalue weighted by atomic mass is 10.2. The molecule has 0 unspecified atom stereocenters. The summed E-state index contributed by atoms with van der Waals surface area (Å²) in [6, 6.07) is 0. The normalized spacial score (nSPS) is 11.9. The van der Waals surface area contributed by atoms with Crippen molar-refractivity contribution in [1.82, 2.24) is 15.2 Å². The van der Waals surface area contributed by atoms with Crippen LogP contribution in [0.2, 0.25) is 0 Å². The number of halogens is 4. The third-order valence-electron chi connectivity index (χ3n) is 2.31. The summed E-state index contributed by atoms with van der Waals surface area (Å²) in [6.45, 7) is 2.48. The monoisotopic (exact) mass is 266 g/mol. The third kappa shape index (κ3) is 3.51. The largest absolute Gasteiger partial charge is 0.347 e. The molecular weight excluding hydrogens is 252 g/mol. The maximum atomic E-state index is 12.7. The van der Waals surface area contributed by atoms with Crippen LogP contribution in [0.15, 0.2) is 0 Å². The minimum Gasteiger partial charge on any atom is -0.347 e. The van der Waals surface area contributed by atoms with Crippen LogP contribution in [-0.2, 0) is 12.8 Å². The van der Waals surface area contributed by atoms with Crippen LogP contribution in [0.1, 0.15) is 25.2 Å². The number of hydrogen-bond donors (Lipinski definition) is 1. The Balaban J connectivity index is 2.74. The zero-order valence-electron chi connectivity index (χ0n) is 10.1. The molecule has 0 amide bonds. The molecule has 0 bridgehead atoms. The van der Waals surface area contributed by atoms with E-state index in [-0.39, 0.29) is 5.95 Å². The maximum Gasteiger partial charge on any atom is 0.324 e. The zero-order valence-corrected chi connectivity index (χ0v) is 10.1. The molecule has 0 radical (unpaired) electrons. The SMILES string of the molecule is CCc1nnc(NCC(F)(F)C(F)F)nc1CC. The van der Waals surface area contributed by atoms with Crippen molar-refractivity contribution >= 4 is 5.95 Å². The van der Waals surface area contributed by atoms with Crippen LogP contribution in [0.4, 0.5) is 23.5 Å². The Bertz CT molecular complexity index is 397. The Morgan fingerprint density at radius 1 is 1.11 bits per heavy atom. The van der Waals surface area contributed by atoms with Crippen molar-refractivity contribution < 1.29 is 17.6 Å². The lowest BCUT2D eigenvalue weighted by Gasteiger charge is -2.15. The number of aromatic nitrogens is 3. The van der Waals surface area contributed by atoms with Gasteiger partial charge in [-0.1, -0.05) is 13.8 Å². The summed E-state index contributed by atoms with van der Waals surface area (Å²) in [7, 11) is 0. The number of alkyl halides is 4. The highest BCUT2D eigenvalue weighted by atomic mass is 19.3. The Kier molecular flexibility index (Phi) is 4.80. The number of anilines is 1. The molecule has 4 nitrogen and oxygen atoms in total. The van der Waals surface area contributed by atoms with Crippen molar-refractivity contribution in [2.75, 3.05) is 11.9 Å². The van der Waals surface area contributed by atoms with Crippen molar-refractivity contribution in [1.29, 1.82) is 0 Å². The van der Waals surface area contributed by atoms with E-state index in [4.69, 9.17) is 0 Å². The number of nitrogens with one attached hydrogen (secondary N) is 1. The molecule has 0 aliphatic heterocycles. The first-order valence-electron chi connectivity index (χ1n) is 5.53. The average Bonchev–Trinajstić information content (AvgIpc) is 2.35. The van der Waals surface area contributed by atoms with Crippen molar-refractivity contribution in [3.05, 3.63) is 11.4 Å². The van der Waals surface area contributed by atoms with Gasteiger partial charge >= 0.3 is 12.3 Å². The highest BCUT2D eigenvalue weighted by molar-refractivity contribution is 5.26. The van der Waals surface area contributed by atoms with E-state index >= 15 is 0 Å². The van der Waals surface area contributed by atoms with E-state index in [0.29, 0.717) is 24.2 Å². The van der Waals surface area contributed by atoms with Crippen LogP contribution in [0, 0.1) is 0 Å². The van der Waals surface area contributed by atoms with Gasteiger partial charge in [0.15, 0.2) is 0 Å². The molecular formula is C10H14F4N4. The summed E-state index contributed by atoms with van der Waals surface area (Å²) in [4.78, 5) is 3.96. The highest BCUT2D eigenvalue weighted by Gasteiger charge is 2.40. The smallest absolute Gasteiger partial charge is 0.324 e. The summed E-state index contributed by atoms with van der Waals surface area (Å²) < 4.78 is 49.2. The first kappa shape index (κ1) is 14.6. The molecule has 0 saturated heterocycles. The lowest BCUT2D eigenvalue weighted by molar-refractivity contribution is -0.117. The molecule has 1 aromatic rings. The van der Waals surface area contributed by atoms with Crippen LogP contribution in [0.25, 0.3) is 0 Å². The average molecular weight is 266 g/mol. The first-order chi connectivity index (χ1) is 8.40. The highest BCUT2D eigenvalue weighted by Crippen LogP contribution is 2.22. The van der Waals surface area contributed by atoms with Crippen LogP contribution >= 0.6 is 0 Å². The molecule has 0 aliphatic rings. The zero-order chi connectivity index (χ0) is 13.8. The molecule has 1 N–H and O–H groups in total. The van der Waals surface area contributed by atoms with Crippen LogP contribution < -0.4 is 5.32 Å². The van der Waals surface area contributed by atoms with Gasteiger partial charge in [-0.3, -0.25) is 0 Å². The Hall–Kier alpha value is -1.47. The molecule has 18 heavy (non-hydrogen) atoms. The van der Waals surface area contributed by atoms with Gasteiger partial charge in [0.25, 0.3) is 0 Å². The Morgan fingerprint density at radius 3 is 2.22 bits per heavy atom. The number of aryl methyl sites for hydroxylation is 2. The summed E-state index contributed by atoms with van der Waals surface area (Å²) >= 11 is 0. The van der Waals surface area contributed by atoms with Gasteiger partial charge in [0.1, 0.15) is 0 Å². The van der Waals surface area contributed by atoms with E-state index in [9.17, 15) is 17.6 Å². The number of rotatable bonds is 6. The second-order valence-corrected chi connectivity index (χ2v) is 3.65. The van der Waals surface area contributed by atoms with E-state index in [0.717, 1.165) is 0 Å². The van der Waals surface area contributed by atoms with E-state index < -0.39 is 18.9 Å². The van der Waals surface area contributed by atoms with Crippen LogP contribution in [-0.4, -0.2) is 34.1 Å². The fraction of sp³-hybridized carbons (Fsp3) is 0.700. The van der Waals surface area contributed by atoms with Gasteiger partial charge in [-0.25, -0.2) is 13.8 Å².